The fourth-order valence-electron chi connectivity index (χ4n) is 1.29. The highest BCUT2D eigenvalue weighted by Crippen LogP contribution is 2.08. The lowest BCUT2D eigenvalue weighted by atomic mass is 10.4. The second kappa shape index (κ2) is 5.09. The second-order valence-electron chi connectivity index (χ2n) is 3.19. The fourth-order valence-corrected chi connectivity index (χ4v) is 2.03. The van der Waals surface area contributed by atoms with E-state index in [0.717, 1.165) is 18.1 Å². The van der Waals surface area contributed by atoms with Gasteiger partial charge in [0.25, 0.3) is 5.82 Å². The molecule has 2 rings (SSSR count). The predicted molar refractivity (Wildman–Crippen MR) is 57.0 cm³/mol. The van der Waals surface area contributed by atoms with Crippen molar-refractivity contribution in [2.24, 2.45) is 0 Å². The lowest BCUT2D eigenvalue weighted by Gasteiger charge is -1.98. The molecule has 0 aliphatic rings. The number of nitrogens with zero attached hydrogens (tertiary/aromatic N) is 2. The van der Waals surface area contributed by atoms with Crippen LogP contribution in [0.1, 0.15) is 10.6 Å². The third kappa shape index (κ3) is 2.91. The number of hydrogen-bond acceptors (Lipinski definition) is 3. The minimum absolute atomic E-state index is 0. The molecule has 2 aromatic heterocycles. The summed E-state index contributed by atoms with van der Waals surface area (Å²) in [5.74, 6) is 0.776. The minimum atomic E-state index is 0. The molecule has 2 aromatic rings. The zero-order chi connectivity index (χ0) is 9.97. The van der Waals surface area contributed by atoms with Crippen LogP contribution < -0.4 is 22.7 Å². The molecular formula is C10H12ClN3S. The monoisotopic (exact) mass is 241 g/mol. The molecule has 0 aliphatic heterocycles. The van der Waals surface area contributed by atoms with Crippen LogP contribution in [0.25, 0.3) is 0 Å². The van der Waals surface area contributed by atoms with Gasteiger partial charge in [0.2, 0.25) is 0 Å². The molecule has 0 amide bonds. The van der Waals surface area contributed by atoms with Crippen LogP contribution in [0.3, 0.4) is 0 Å². The van der Waals surface area contributed by atoms with Gasteiger partial charge >= 0.3 is 0 Å². The molecule has 2 N–H and O–H groups in total. The summed E-state index contributed by atoms with van der Waals surface area (Å²) in [5.41, 5.74) is 6.89. The molecule has 0 bridgehead atoms. The van der Waals surface area contributed by atoms with Gasteiger partial charge in [-0.15, -0.1) is 0 Å². The molecule has 15 heavy (non-hydrogen) atoms. The first-order chi connectivity index (χ1) is 6.75. The third-order valence-corrected chi connectivity index (χ3v) is 2.84. The summed E-state index contributed by atoms with van der Waals surface area (Å²) in [5, 5.41) is 0. The van der Waals surface area contributed by atoms with Crippen molar-refractivity contribution < 1.29 is 17.0 Å². The summed E-state index contributed by atoms with van der Waals surface area (Å²) in [4.78, 5) is 1.23. The number of aryl methyl sites for hydroxylation is 1. The Balaban J connectivity index is 0.00000112. The molecule has 80 valence electrons. The molecule has 0 saturated carbocycles. The van der Waals surface area contributed by atoms with Crippen LogP contribution in [0, 0.1) is 6.92 Å². The van der Waals surface area contributed by atoms with Gasteiger partial charge in [0, 0.05) is 6.07 Å². The van der Waals surface area contributed by atoms with E-state index in [1.54, 1.807) is 0 Å². The van der Waals surface area contributed by atoms with Gasteiger partial charge in [0.05, 0.1) is 16.8 Å². The van der Waals surface area contributed by atoms with Crippen LogP contribution in [-0.4, -0.2) is 4.37 Å². The van der Waals surface area contributed by atoms with Gasteiger partial charge in [-0.25, -0.2) is 4.57 Å². The molecule has 0 radical (unpaired) electrons. The number of rotatable bonds is 2. The standard InChI is InChI=1S/C10H11N3S.ClH/c1-8-6-9(14-12-8)7-13-5-3-2-4-10(13)11;/h2-6,11H,7H2,1H3;1H. The summed E-state index contributed by atoms with van der Waals surface area (Å²) < 4.78 is 6.24. The fraction of sp³-hybridized carbons (Fsp3) is 0.200. The van der Waals surface area contributed by atoms with E-state index in [9.17, 15) is 0 Å². The van der Waals surface area contributed by atoms with Gasteiger partial charge in [-0.1, -0.05) is 6.07 Å². The van der Waals surface area contributed by atoms with Crippen LogP contribution >= 0.6 is 11.5 Å². The Labute approximate surface area is 99.1 Å². The summed E-state index contributed by atoms with van der Waals surface area (Å²) in [6.45, 7) is 2.80. The predicted octanol–water partition coefficient (Wildman–Crippen LogP) is -1.63. The van der Waals surface area contributed by atoms with Crippen LogP contribution in [0.5, 0.6) is 0 Å². The largest absolute Gasteiger partial charge is 1.00 e. The smallest absolute Gasteiger partial charge is 0.272 e. The van der Waals surface area contributed by atoms with Gasteiger partial charge < -0.3 is 12.4 Å². The molecule has 0 saturated heterocycles. The number of nitrogen functional groups attached to an aromatic ring is 1. The highest BCUT2D eigenvalue weighted by atomic mass is 35.5. The first-order valence-electron chi connectivity index (χ1n) is 4.42. The number of aromatic nitrogens is 2. The van der Waals surface area contributed by atoms with Crippen molar-refractivity contribution in [1.82, 2.24) is 4.37 Å². The quantitative estimate of drug-likeness (QED) is 0.642. The van der Waals surface area contributed by atoms with Crippen LogP contribution in [0.15, 0.2) is 30.5 Å². The van der Waals surface area contributed by atoms with E-state index < -0.39 is 0 Å². The Hall–Kier alpha value is -1.13. The van der Waals surface area contributed by atoms with Crippen molar-refractivity contribution in [3.8, 4) is 0 Å². The maximum atomic E-state index is 5.82. The van der Waals surface area contributed by atoms with Gasteiger partial charge in [0.15, 0.2) is 0 Å². The average molecular weight is 242 g/mol. The van der Waals surface area contributed by atoms with Gasteiger partial charge in [-0.3, -0.25) is 5.73 Å². The van der Waals surface area contributed by atoms with E-state index in [4.69, 9.17) is 5.73 Å². The Morgan fingerprint density at radius 3 is 2.87 bits per heavy atom. The normalized spacial score (nSPS) is 9.67. The lowest BCUT2D eigenvalue weighted by Crippen LogP contribution is -3.00. The molecule has 0 unspecified atom stereocenters. The molecule has 0 aromatic carbocycles. The highest BCUT2D eigenvalue weighted by molar-refractivity contribution is 7.05. The van der Waals surface area contributed by atoms with Crippen molar-refractivity contribution in [3.05, 3.63) is 41.0 Å². The Morgan fingerprint density at radius 1 is 1.47 bits per heavy atom. The molecular weight excluding hydrogens is 230 g/mol. The second-order valence-corrected chi connectivity index (χ2v) is 4.08. The molecule has 0 fully saturated rings. The molecule has 0 aliphatic carbocycles. The number of hydrogen-bond donors (Lipinski definition) is 1. The average Bonchev–Trinajstić information content (AvgIpc) is 2.56. The van der Waals surface area contributed by atoms with E-state index >= 15 is 0 Å². The van der Waals surface area contributed by atoms with E-state index in [1.807, 2.05) is 35.9 Å². The summed E-state index contributed by atoms with van der Waals surface area (Å²) in [7, 11) is 0. The van der Waals surface area contributed by atoms with Crippen molar-refractivity contribution in [3.63, 3.8) is 0 Å². The van der Waals surface area contributed by atoms with Crippen LogP contribution in [0.4, 0.5) is 5.82 Å². The van der Waals surface area contributed by atoms with E-state index in [1.165, 1.54) is 16.4 Å². The van der Waals surface area contributed by atoms with E-state index in [0.29, 0.717) is 0 Å². The Morgan fingerprint density at radius 2 is 2.27 bits per heavy atom. The first-order valence-corrected chi connectivity index (χ1v) is 5.19. The summed E-state index contributed by atoms with van der Waals surface area (Å²) >= 11 is 1.53. The molecule has 0 atom stereocenters. The van der Waals surface area contributed by atoms with E-state index in [2.05, 4.69) is 10.4 Å². The van der Waals surface area contributed by atoms with Crippen molar-refractivity contribution in [2.45, 2.75) is 13.5 Å². The lowest BCUT2D eigenvalue weighted by molar-refractivity contribution is -0.673. The van der Waals surface area contributed by atoms with Gasteiger partial charge in [-0.05, 0) is 30.6 Å². The Kier molecular flexibility index (Phi) is 4.05. The maximum Gasteiger partial charge on any atom is 0.272 e. The van der Waals surface area contributed by atoms with Crippen molar-refractivity contribution in [2.75, 3.05) is 5.73 Å². The summed E-state index contributed by atoms with van der Waals surface area (Å²) in [6.07, 6.45) is 1.98. The molecule has 2 heterocycles. The zero-order valence-corrected chi connectivity index (χ0v) is 9.92. The number of halogens is 1. The molecule has 3 nitrogen and oxygen atoms in total. The van der Waals surface area contributed by atoms with Crippen molar-refractivity contribution in [1.29, 1.82) is 0 Å². The molecule has 0 spiro atoms. The SMILES string of the molecule is Cc1cc(C[n+]2ccccc2N)sn1.[Cl-]. The maximum absolute atomic E-state index is 5.82. The number of nitrogens with two attached hydrogens (primary N) is 1. The molecule has 5 heteroatoms. The topological polar surface area (TPSA) is 42.8 Å². The van der Waals surface area contributed by atoms with Gasteiger partial charge in [-0.2, -0.15) is 4.37 Å². The van der Waals surface area contributed by atoms with Gasteiger partial charge in [0.1, 0.15) is 6.54 Å². The van der Waals surface area contributed by atoms with Crippen LogP contribution in [0.2, 0.25) is 0 Å². The first kappa shape index (κ1) is 11.9. The minimum Gasteiger partial charge on any atom is -1.00 e. The number of anilines is 1. The summed E-state index contributed by atoms with van der Waals surface area (Å²) in [6, 6.07) is 7.89. The third-order valence-electron chi connectivity index (χ3n) is 1.98. The number of pyridine rings is 1. The van der Waals surface area contributed by atoms with E-state index in [-0.39, 0.29) is 12.4 Å². The Bertz CT molecular complexity index is 442. The van der Waals surface area contributed by atoms with Crippen LogP contribution in [-0.2, 0) is 6.54 Å². The zero-order valence-electron chi connectivity index (χ0n) is 8.35. The van der Waals surface area contributed by atoms with Crippen molar-refractivity contribution >= 4 is 17.4 Å². The highest BCUT2D eigenvalue weighted by Gasteiger charge is 2.05.